The van der Waals surface area contributed by atoms with Crippen molar-refractivity contribution in [2.24, 2.45) is 11.8 Å². The lowest BCUT2D eigenvalue weighted by molar-refractivity contribution is -0.384. The number of allylic oxidation sites excluding steroid dienone is 4. The van der Waals surface area contributed by atoms with Gasteiger partial charge in [-0.15, -0.1) is 0 Å². The van der Waals surface area contributed by atoms with E-state index in [-0.39, 0.29) is 34.4 Å². The second-order valence-electron chi connectivity index (χ2n) is 9.06. The van der Waals surface area contributed by atoms with Gasteiger partial charge in [0.2, 0.25) is 0 Å². The van der Waals surface area contributed by atoms with Gasteiger partial charge >= 0.3 is 5.97 Å². The number of aromatic carboxylic acids is 1. The van der Waals surface area contributed by atoms with Crippen molar-refractivity contribution in [2.75, 3.05) is 11.4 Å². The fourth-order valence-corrected chi connectivity index (χ4v) is 6.30. The zero-order chi connectivity index (χ0) is 21.3. The lowest BCUT2D eigenvalue weighted by atomic mass is 9.70. The Morgan fingerprint density at radius 1 is 1.06 bits per heavy atom. The number of carboxylic acid groups (broad SMARTS) is 1. The molecule has 2 heterocycles. The van der Waals surface area contributed by atoms with Gasteiger partial charge in [-0.1, -0.05) is 36.4 Å². The predicted molar refractivity (Wildman–Crippen MR) is 117 cm³/mol. The molecule has 0 spiro atoms. The van der Waals surface area contributed by atoms with Gasteiger partial charge in [0.15, 0.2) is 0 Å². The maximum absolute atomic E-state index is 11.9. The van der Waals surface area contributed by atoms with Crippen molar-refractivity contribution in [1.82, 2.24) is 0 Å². The zero-order valence-corrected chi connectivity index (χ0v) is 16.8. The normalized spacial score (nSPS) is 29.4. The molecule has 0 bridgehead atoms. The molecule has 0 fully saturated rings. The molecule has 2 aromatic carbocycles. The summed E-state index contributed by atoms with van der Waals surface area (Å²) in [6.07, 6.45) is 10.7. The predicted octanol–water partition coefficient (Wildman–Crippen LogP) is 5.19. The van der Waals surface area contributed by atoms with Crippen molar-refractivity contribution in [3.05, 3.63) is 93.1 Å². The number of hydrogen-bond acceptors (Lipinski definition) is 4. The fraction of sp³-hybridized carbons (Fsp3) is 0.320. The summed E-state index contributed by atoms with van der Waals surface area (Å²) in [6, 6.07) is 10.8. The molecule has 1 N–H and O–H groups in total. The molecule has 2 aliphatic carbocycles. The zero-order valence-electron chi connectivity index (χ0n) is 16.8. The van der Waals surface area contributed by atoms with Crippen molar-refractivity contribution in [1.29, 1.82) is 0 Å². The molecule has 2 aromatic rings. The van der Waals surface area contributed by atoms with Crippen LogP contribution in [0.25, 0.3) is 0 Å². The number of nitrogens with zero attached hydrogens (tertiary/aromatic N) is 2. The van der Waals surface area contributed by atoms with E-state index in [4.69, 9.17) is 0 Å². The largest absolute Gasteiger partial charge is 0.478 e. The molecule has 4 aliphatic rings. The van der Waals surface area contributed by atoms with E-state index in [9.17, 15) is 20.0 Å². The Hall–Kier alpha value is -3.41. The second kappa shape index (κ2) is 6.54. The fourth-order valence-electron chi connectivity index (χ4n) is 6.30. The Balaban J connectivity index is 1.58. The summed E-state index contributed by atoms with van der Waals surface area (Å²) in [4.78, 5) is 25.5. The SMILES string of the molecule is O=C(O)c1cc2c3c(c1)[C@@H]1C=CC[C@@H]1[C@H](c1cccc([N+](=O)[O-])c1)N3C[C@@H]1CC=C[C@H]21. The minimum Gasteiger partial charge on any atom is -0.478 e. The summed E-state index contributed by atoms with van der Waals surface area (Å²) >= 11 is 0. The van der Waals surface area contributed by atoms with Gasteiger partial charge in [0.25, 0.3) is 5.69 Å². The molecule has 0 radical (unpaired) electrons. The molecule has 0 unspecified atom stereocenters. The highest BCUT2D eigenvalue weighted by Crippen LogP contribution is 2.59. The monoisotopic (exact) mass is 414 g/mol. The van der Waals surface area contributed by atoms with E-state index in [1.165, 1.54) is 0 Å². The van der Waals surface area contributed by atoms with Crippen LogP contribution in [-0.4, -0.2) is 22.5 Å². The van der Waals surface area contributed by atoms with Gasteiger partial charge in [-0.25, -0.2) is 4.79 Å². The van der Waals surface area contributed by atoms with Crippen LogP contribution in [0.15, 0.2) is 60.7 Å². The van der Waals surface area contributed by atoms with Crippen molar-refractivity contribution in [3.63, 3.8) is 0 Å². The van der Waals surface area contributed by atoms with Gasteiger partial charge in [-0.05, 0) is 53.5 Å². The van der Waals surface area contributed by atoms with E-state index < -0.39 is 5.97 Å². The number of carbonyl (C=O) groups is 1. The smallest absolute Gasteiger partial charge is 0.335 e. The van der Waals surface area contributed by atoms with Crippen molar-refractivity contribution in [3.8, 4) is 0 Å². The van der Waals surface area contributed by atoms with Crippen molar-refractivity contribution < 1.29 is 14.8 Å². The lowest BCUT2D eigenvalue weighted by Gasteiger charge is -2.51. The number of fused-ring (bicyclic) bond motifs is 4. The van der Waals surface area contributed by atoms with E-state index in [0.717, 1.165) is 41.8 Å². The number of carboxylic acids is 1. The number of anilines is 1. The molecule has 0 saturated heterocycles. The molecule has 6 rings (SSSR count). The Morgan fingerprint density at radius 3 is 2.58 bits per heavy atom. The highest BCUT2D eigenvalue weighted by molar-refractivity contribution is 5.90. The van der Waals surface area contributed by atoms with E-state index in [2.05, 4.69) is 29.2 Å². The average Bonchev–Trinajstić information content (AvgIpc) is 3.43. The first kappa shape index (κ1) is 18.4. The van der Waals surface area contributed by atoms with Crippen LogP contribution in [0, 0.1) is 22.0 Å². The number of hydrogen-bond donors (Lipinski definition) is 1. The van der Waals surface area contributed by atoms with Crippen molar-refractivity contribution >= 4 is 17.3 Å². The minimum atomic E-state index is -0.894. The maximum Gasteiger partial charge on any atom is 0.335 e. The molecular weight excluding hydrogens is 392 g/mol. The third-order valence-electron chi connectivity index (χ3n) is 7.52. The number of benzene rings is 2. The third-order valence-corrected chi connectivity index (χ3v) is 7.52. The standard InChI is InChI=1S/C25H22N2O4/c28-25(29)16-11-21-18-7-2-5-15(18)13-26-23(14-4-1-6-17(10-14)27(30)31)20-9-3-8-19(20)22(12-16)24(21)26/h1-4,6-8,10-12,15,18-20,23H,5,9,13H2,(H,28,29)/t15-,18-,19+,20-,23-/m0/s1. The van der Waals surface area contributed by atoms with Crippen LogP contribution >= 0.6 is 0 Å². The molecule has 0 aromatic heterocycles. The van der Waals surface area contributed by atoms with Crippen LogP contribution in [0.2, 0.25) is 0 Å². The highest BCUT2D eigenvalue weighted by atomic mass is 16.6. The number of non-ortho nitro benzene ring substituents is 1. The van der Waals surface area contributed by atoms with Gasteiger partial charge in [0.1, 0.15) is 0 Å². The summed E-state index contributed by atoms with van der Waals surface area (Å²) in [7, 11) is 0. The van der Waals surface area contributed by atoms with Crippen LogP contribution < -0.4 is 4.90 Å². The van der Waals surface area contributed by atoms with E-state index >= 15 is 0 Å². The average molecular weight is 414 g/mol. The molecular formula is C25H22N2O4. The van der Waals surface area contributed by atoms with Crippen LogP contribution in [0.5, 0.6) is 0 Å². The Kier molecular flexibility index (Phi) is 3.88. The molecule has 31 heavy (non-hydrogen) atoms. The first-order valence-electron chi connectivity index (χ1n) is 10.8. The first-order valence-corrected chi connectivity index (χ1v) is 10.8. The lowest BCUT2D eigenvalue weighted by Crippen LogP contribution is -2.46. The van der Waals surface area contributed by atoms with Crippen LogP contribution in [0.1, 0.15) is 57.8 Å². The number of rotatable bonds is 3. The number of nitro benzene ring substituents is 1. The van der Waals surface area contributed by atoms with Gasteiger partial charge in [-0.3, -0.25) is 10.1 Å². The molecule has 6 nitrogen and oxygen atoms in total. The Labute approximate surface area is 179 Å². The molecule has 2 aliphatic heterocycles. The topological polar surface area (TPSA) is 83.7 Å². The first-order chi connectivity index (χ1) is 15.0. The minimum absolute atomic E-state index is 0.0309. The second-order valence-corrected chi connectivity index (χ2v) is 9.06. The van der Waals surface area contributed by atoms with E-state index in [1.807, 2.05) is 18.2 Å². The molecule has 5 atom stereocenters. The van der Waals surface area contributed by atoms with Gasteiger partial charge in [0, 0.05) is 36.2 Å². The summed E-state index contributed by atoms with van der Waals surface area (Å²) in [6.45, 7) is 0.876. The van der Waals surface area contributed by atoms with Crippen LogP contribution in [0.4, 0.5) is 11.4 Å². The van der Waals surface area contributed by atoms with Crippen molar-refractivity contribution in [2.45, 2.75) is 30.7 Å². The Bertz CT molecular complexity index is 1170. The Morgan fingerprint density at radius 2 is 1.81 bits per heavy atom. The highest BCUT2D eigenvalue weighted by Gasteiger charge is 2.48. The summed E-state index contributed by atoms with van der Waals surface area (Å²) < 4.78 is 0. The molecule has 6 heteroatoms. The van der Waals surface area contributed by atoms with Gasteiger partial charge in [0.05, 0.1) is 16.5 Å². The van der Waals surface area contributed by atoms with E-state index in [1.54, 1.807) is 18.2 Å². The third kappa shape index (κ3) is 2.60. The van der Waals surface area contributed by atoms with Gasteiger partial charge < -0.3 is 10.0 Å². The molecule has 156 valence electrons. The number of nitro groups is 1. The molecule has 0 saturated carbocycles. The van der Waals surface area contributed by atoms with Crippen LogP contribution in [-0.2, 0) is 0 Å². The quantitative estimate of drug-likeness (QED) is 0.425. The summed E-state index contributed by atoms with van der Waals surface area (Å²) in [5, 5.41) is 21.2. The maximum atomic E-state index is 11.9. The van der Waals surface area contributed by atoms with E-state index in [0.29, 0.717) is 11.5 Å². The summed E-state index contributed by atoms with van der Waals surface area (Å²) in [5.41, 5.74) is 4.76. The van der Waals surface area contributed by atoms with Crippen LogP contribution in [0.3, 0.4) is 0 Å². The van der Waals surface area contributed by atoms with Gasteiger partial charge in [-0.2, -0.15) is 0 Å². The summed E-state index contributed by atoms with van der Waals surface area (Å²) in [5.74, 6) is 0.0929. The molecule has 0 amide bonds.